The fourth-order valence-corrected chi connectivity index (χ4v) is 2.93. The molecule has 134 valence electrons. The number of rotatable bonds is 6. The molecule has 1 aliphatic rings. The number of carbonyl (C=O) groups excluding carboxylic acids is 1. The number of piperidine rings is 1. The summed E-state index contributed by atoms with van der Waals surface area (Å²) in [6.07, 6.45) is 0.00369. The zero-order valence-electron chi connectivity index (χ0n) is 14.0. The van der Waals surface area contributed by atoms with E-state index in [-0.39, 0.29) is 11.9 Å². The minimum atomic E-state index is -4.28. The molecule has 0 bridgehead atoms. The summed E-state index contributed by atoms with van der Waals surface area (Å²) in [5.74, 6) is 0.123. The quantitative estimate of drug-likeness (QED) is 0.848. The van der Waals surface area contributed by atoms with Gasteiger partial charge in [-0.1, -0.05) is 25.5 Å². The van der Waals surface area contributed by atoms with Crippen LogP contribution in [0.15, 0.2) is 24.3 Å². The summed E-state index contributed by atoms with van der Waals surface area (Å²) in [6, 6.07) is 5.58. The maximum Gasteiger partial charge on any atom is 0.416 e. The fraction of sp³-hybridized carbons (Fsp3) is 0.611. The second-order valence-corrected chi connectivity index (χ2v) is 6.42. The van der Waals surface area contributed by atoms with Crippen LogP contribution in [0.3, 0.4) is 0 Å². The van der Waals surface area contributed by atoms with E-state index in [0.717, 1.165) is 56.5 Å². The predicted octanol–water partition coefficient (Wildman–Crippen LogP) is 3.98. The predicted molar refractivity (Wildman–Crippen MR) is 87.4 cm³/mol. The van der Waals surface area contributed by atoms with E-state index in [4.69, 9.17) is 0 Å². The number of amides is 1. The SMILES string of the molecule is CCCCC(=O)NC1CCN(Cc2ccc(C(F)(F)F)cc2)CC1. The number of benzene rings is 1. The van der Waals surface area contributed by atoms with Crippen molar-refractivity contribution in [2.75, 3.05) is 13.1 Å². The van der Waals surface area contributed by atoms with E-state index >= 15 is 0 Å². The van der Waals surface area contributed by atoms with Gasteiger partial charge in [0.2, 0.25) is 5.91 Å². The van der Waals surface area contributed by atoms with E-state index in [0.29, 0.717) is 13.0 Å². The Morgan fingerprint density at radius 1 is 1.21 bits per heavy atom. The van der Waals surface area contributed by atoms with Crippen LogP contribution in [0.2, 0.25) is 0 Å². The van der Waals surface area contributed by atoms with Crippen molar-refractivity contribution in [1.29, 1.82) is 0 Å². The second kappa shape index (κ2) is 8.51. The second-order valence-electron chi connectivity index (χ2n) is 6.42. The number of likely N-dealkylation sites (tertiary alicyclic amines) is 1. The van der Waals surface area contributed by atoms with Crippen molar-refractivity contribution in [3.63, 3.8) is 0 Å². The van der Waals surface area contributed by atoms with Crippen molar-refractivity contribution in [2.45, 2.75) is 57.8 Å². The van der Waals surface area contributed by atoms with Crippen molar-refractivity contribution >= 4 is 5.91 Å². The molecule has 6 heteroatoms. The average Bonchev–Trinajstić information content (AvgIpc) is 2.54. The summed E-state index contributed by atoms with van der Waals surface area (Å²) < 4.78 is 37.7. The first kappa shape index (κ1) is 18.8. The third-order valence-electron chi connectivity index (χ3n) is 4.40. The summed E-state index contributed by atoms with van der Waals surface area (Å²) in [6.45, 7) is 4.40. The normalized spacial score (nSPS) is 17.0. The third kappa shape index (κ3) is 5.82. The number of hydrogen-bond donors (Lipinski definition) is 1. The average molecular weight is 342 g/mol. The molecule has 1 fully saturated rings. The lowest BCUT2D eigenvalue weighted by Gasteiger charge is -2.32. The first-order chi connectivity index (χ1) is 11.4. The minimum absolute atomic E-state index is 0.123. The maximum absolute atomic E-state index is 12.6. The number of unbranched alkanes of at least 4 members (excludes halogenated alkanes) is 1. The van der Waals surface area contributed by atoms with Crippen LogP contribution in [0.1, 0.15) is 50.2 Å². The Morgan fingerprint density at radius 2 is 1.83 bits per heavy atom. The van der Waals surface area contributed by atoms with Gasteiger partial charge in [0.05, 0.1) is 5.56 Å². The highest BCUT2D eigenvalue weighted by Crippen LogP contribution is 2.29. The molecule has 1 aliphatic heterocycles. The molecule has 1 amide bonds. The monoisotopic (exact) mass is 342 g/mol. The van der Waals surface area contributed by atoms with Crippen molar-refractivity contribution in [3.05, 3.63) is 35.4 Å². The molecule has 0 spiro atoms. The molecule has 2 rings (SSSR count). The van der Waals surface area contributed by atoms with Gasteiger partial charge in [-0.15, -0.1) is 0 Å². The van der Waals surface area contributed by atoms with Gasteiger partial charge in [0.25, 0.3) is 0 Å². The Labute approximate surface area is 141 Å². The standard InChI is InChI=1S/C18H25F3N2O/c1-2-3-4-17(24)22-16-9-11-23(12-10-16)13-14-5-7-15(8-6-14)18(19,20)21/h5-8,16H,2-4,9-13H2,1H3,(H,22,24). The molecule has 1 heterocycles. The Morgan fingerprint density at radius 3 is 2.38 bits per heavy atom. The number of halogens is 3. The lowest BCUT2D eigenvalue weighted by molar-refractivity contribution is -0.137. The van der Waals surface area contributed by atoms with Gasteiger partial charge in [0.15, 0.2) is 0 Å². The molecular formula is C18H25F3N2O. The van der Waals surface area contributed by atoms with Gasteiger partial charge in [0, 0.05) is 32.1 Å². The molecule has 3 nitrogen and oxygen atoms in total. The molecule has 24 heavy (non-hydrogen) atoms. The van der Waals surface area contributed by atoms with Gasteiger partial charge in [-0.05, 0) is 37.0 Å². The van der Waals surface area contributed by atoms with Crippen molar-refractivity contribution < 1.29 is 18.0 Å². The van der Waals surface area contributed by atoms with Crippen molar-refractivity contribution in [1.82, 2.24) is 10.2 Å². The highest BCUT2D eigenvalue weighted by Gasteiger charge is 2.30. The number of carbonyl (C=O) groups is 1. The topological polar surface area (TPSA) is 32.3 Å². The van der Waals surface area contributed by atoms with Gasteiger partial charge in [0.1, 0.15) is 0 Å². The summed E-state index contributed by atoms with van der Waals surface area (Å²) in [7, 11) is 0. The third-order valence-corrected chi connectivity index (χ3v) is 4.40. The minimum Gasteiger partial charge on any atom is -0.353 e. The van der Waals surface area contributed by atoms with Crippen LogP contribution in [0.5, 0.6) is 0 Å². The van der Waals surface area contributed by atoms with Crippen LogP contribution >= 0.6 is 0 Å². The number of nitrogens with zero attached hydrogens (tertiary/aromatic N) is 1. The summed E-state index contributed by atoms with van der Waals surface area (Å²) >= 11 is 0. The van der Waals surface area contributed by atoms with Crippen LogP contribution in [0.4, 0.5) is 13.2 Å². The first-order valence-corrected chi connectivity index (χ1v) is 8.56. The summed E-state index contributed by atoms with van der Waals surface area (Å²) in [5, 5.41) is 3.07. The van der Waals surface area contributed by atoms with E-state index < -0.39 is 11.7 Å². The molecule has 1 saturated heterocycles. The summed E-state index contributed by atoms with van der Waals surface area (Å²) in [5.41, 5.74) is 0.271. The molecule has 1 N–H and O–H groups in total. The zero-order valence-corrected chi connectivity index (χ0v) is 14.0. The van der Waals surface area contributed by atoms with Gasteiger partial charge in [-0.25, -0.2) is 0 Å². The van der Waals surface area contributed by atoms with E-state index in [1.165, 1.54) is 0 Å². The molecular weight excluding hydrogens is 317 g/mol. The zero-order chi connectivity index (χ0) is 17.6. The van der Waals surface area contributed by atoms with Gasteiger partial charge in [-0.3, -0.25) is 9.69 Å². The van der Waals surface area contributed by atoms with E-state index in [9.17, 15) is 18.0 Å². The van der Waals surface area contributed by atoms with Gasteiger partial charge in [-0.2, -0.15) is 13.2 Å². The van der Waals surface area contributed by atoms with Crippen LogP contribution in [0.25, 0.3) is 0 Å². The molecule has 0 atom stereocenters. The van der Waals surface area contributed by atoms with Gasteiger partial charge >= 0.3 is 6.18 Å². The number of hydrogen-bond acceptors (Lipinski definition) is 2. The Hall–Kier alpha value is -1.56. The molecule has 0 radical (unpaired) electrons. The Bertz CT molecular complexity index is 520. The van der Waals surface area contributed by atoms with E-state index in [1.807, 2.05) is 0 Å². The molecule has 1 aromatic rings. The summed E-state index contributed by atoms with van der Waals surface area (Å²) in [4.78, 5) is 14.0. The van der Waals surface area contributed by atoms with E-state index in [2.05, 4.69) is 17.1 Å². The van der Waals surface area contributed by atoms with E-state index in [1.54, 1.807) is 12.1 Å². The van der Waals surface area contributed by atoms with Crippen LogP contribution in [-0.2, 0) is 17.5 Å². The molecule has 0 aliphatic carbocycles. The van der Waals surface area contributed by atoms with Crippen molar-refractivity contribution in [2.24, 2.45) is 0 Å². The molecule has 1 aromatic carbocycles. The molecule has 0 unspecified atom stereocenters. The maximum atomic E-state index is 12.6. The van der Waals surface area contributed by atoms with Gasteiger partial charge < -0.3 is 5.32 Å². The number of nitrogens with one attached hydrogen (secondary N) is 1. The lowest BCUT2D eigenvalue weighted by atomic mass is 10.0. The fourth-order valence-electron chi connectivity index (χ4n) is 2.93. The van der Waals surface area contributed by atoms with Crippen LogP contribution in [-0.4, -0.2) is 29.9 Å². The Balaban J connectivity index is 1.76. The lowest BCUT2D eigenvalue weighted by Crippen LogP contribution is -2.44. The van der Waals surface area contributed by atoms with Crippen molar-refractivity contribution in [3.8, 4) is 0 Å². The number of alkyl halides is 3. The molecule has 0 aromatic heterocycles. The van der Waals surface area contributed by atoms with Crippen LogP contribution < -0.4 is 5.32 Å². The Kier molecular flexibility index (Phi) is 6.66. The highest BCUT2D eigenvalue weighted by atomic mass is 19.4. The smallest absolute Gasteiger partial charge is 0.353 e. The van der Waals surface area contributed by atoms with Crippen LogP contribution in [0, 0.1) is 0 Å². The molecule has 0 saturated carbocycles. The first-order valence-electron chi connectivity index (χ1n) is 8.56. The largest absolute Gasteiger partial charge is 0.416 e. The highest BCUT2D eigenvalue weighted by molar-refractivity contribution is 5.76.